The van der Waals surface area contributed by atoms with Crippen molar-refractivity contribution in [1.82, 2.24) is 0 Å². The van der Waals surface area contributed by atoms with Gasteiger partial charge < -0.3 is 9.85 Å². The number of hydrogen-bond acceptors (Lipinski definition) is 2. The van der Waals surface area contributed by atoms with Gasteiger partial charge in [0.15, 0.2) is 17.4 Å². The molecule has 68 valence electrons. The topological polar surface area (TPSA) is 35.2 Å². The lowest BCUT2D eigenvalue weighted by Gasteiger charge is -2.25. The summed E-state index contributed by atoms with van der Waals surface area (Å²) in [6.07, 6.45) is 1.13. The van der Waals surface area contributed by atoms with Crippen molar-refractivity contribution in [3.63, 3.8) is 0 Å². The van der Waals surface area contributed by atoms with Crippen LogP contribution in [-0.2, 0) is 4.12 Å². The van der Waals surface area contributed by atoms with Crippen LogP contribution < -0.4 is 5.73 Å². The molecule has 0 atom stereocenters. The van der Waals surface area contributed by atoms with Crippen molar-refractivity contribution in [3.8, 4) is 0 Å². The van der Waals surface area contributed by atoms with Gasteiger partial charge >= 0.3 is 0 Å². The third-order valence-corrected chi connectivity index (χ3v) is 7.53. The lowest BCUT2D eigenvalue weighted by Crippen LogP contribution is -2.35. The molecule has 0 aromatic carbocycles. The SMILES string of the molecule is C[SiH](C)O[Si](C)(C)CCCN. The van der Waals surface area contributed by atoms with Crippen LogP contribution in [0.3, 0.4) is 0 Å². The normalized spacial score (nSPS) is 12.5. The van der Waals surface area contributed by atoms with Crippen LogP contribution >= 0.6 is 0 Å². The maximum Gasteiger partial charge on any atom is 0.173 e. The van der Waals surface area contributed by atoms with E-state index in [2.05, 4.69) is 26.2 Å². The zero-order valence-corrected chi connectivity index (χ0v) is 10.3. The van der Waals surface area contributed by atoms with E-state index in [9.17, 15) is 0 Å². The van der Waals surface area contributed by atoms with Gasteiger partial charge in [0.05, 0.1) is 0 Å². The second-order valence-corrected chi connectivity index (χ2v) is 10.9. The Morgan fingerprint density at radius 2 is 1.91 bits per heavy atom. The third-order valence-electron chi connectivity index (χ3n) is 1.54. The van der Waals surface area contributed by atoms with Crippen LogP contribution in [0.15, 0.2) is 0 Å². The summed E-state index contributed by atoms with van der Waals surface area (Å²) in [7, 11) is -2.12. The van der Waals surface area contributed by atoms with Crippen molar-refractivity contribution in [2.75, 3.05) is 6.54 Å². The molecule has 0 amide bonds. The molecule has 0 bridgehead atoms. The van der Waals surface area contributed by atoms with Crippen LogP contribution in [0, 0.1) is 0 Å². The van der Waals surface area contributed by atoms with Gasteiger partial charge in [-0.2, -0.15) is 0 Å². The van der Waals surface area contributed by atoms with E-state index in [0.29, 0.717) is 0 Å². The minimum atomic E-state index is -1.31. The van der Waals surface area contributed by atoms with Gasteiger partial charge in [0.1, 0.15) is 0 Å². The molecule has 0 saturated carbocycles. The summed E-state index contributed by atoms with van der Waals surface area (Å²) in [5.74, 6) is 0. The van der Waals surface area contributed by atoms with E-state index in [1.807, 2.05) is 0 Å². The summed E-state index contributed by atoms with van der Waals surface area (Å²) >= 11 is 0. The molecule has 0 unspecified atom stereocenters. The van der Waals surface area contributed by atoms with E-state index in [-0.39, 0.29) is 0 Å². The Kier molecular flexibility index (Phi) is 5.24. The van der Waals surface area contributed by atoms with Crippen LogP contribution in [-0.4, -0.2) is 23.9 Å². The van der Waals surface area contributed by atoms with Crippen LogP contribution in [0.1, 0.15) is 6.42 Å². The van der Waals surface area contributed by atoms with Gasteiger partial charge in [-0.1, -0.05) is 0 Å². The van der Waals surface area contributed by atoms with Gasteiger partial charge in [-0.15, -0.1) is 0 Å². The summed E-state index contributed by atoms with van der Waals surface area (Å²) in [4.78, 5) is 0. The predicted molar refractivity (Wildman–Crippen MR) is 55.9 cm³/mol. The van der Waals surface area contributed by atoms with E-state index in [1.165, 1.54) is 6.04 Å². The molecule has 11 heavy (non-hydrogen) atoms. The second-order valence-electron chi connectivity index (χ2n) is 3.82. The summed E-state index contributed by atoms with van der Waals surface area (Å²) < 4.78 is 5.96. The maximum absolute atomic E-state index is 5.96. The minimum Gasteiger partial charge on any atom is -0.458 e. The van der Waals surface area contributed by atoms with Gasteiger partial charge in [0, 0.05) is 0 Å². The van der Waals surface area contributed by atoms with Crippen LogP contribution in [0.2, 0.25) is 32.2 Å². The number of rotatable bonds is 5. The molecular weight excluding hydrogens is 170 g/mol. The largest absolute Gasteiger partial charge is 0.458 e. The van der Waals surface area contributed by atoms with Gasteiger partial charge in [-0.05, 0) is 45.2 Å². The first-order valence-electron chi connectivity index (χ1n) is 4.36. The number of hydrogen-bond donors (Lipinski definition) is 1. The standard InChI is InChI=1S/C7H21NOSi2/c1-10(2)9-11(3,4)7-5-6-8/h10H,5-8H2,1-4H3. The van der Waals surface area contributed by atoms with E-state index in [0.717, 1.165) is 13.0 Å². The van der Waals surface area contributed by atoms with Crippen LogP contribution in [0.5, 0.6) is 0 Å². The van der Waals surface area contributed by atoms with Crippen molar-refractivity contribution in [2.45, 2.75) is 38.7 Å². The van der Waals surface area contributed by atoms with E-state index < -0.39 is 17.4 Å². The van der Waals surface area contributed by atoms with E-state index >= 15 is 0 Å². The van der Waals surface area contributed by atoms with Crippen molar-refractivity contribution in [1.29, 1.82) is 0 Å². The molecule has 0 spiro atoms. The molecule has 2 nitrogen and oxygen atoms in total. The van der Waals surface area contributed by atoms with Gasteiger partial charge in [0.25, 0.3) is 0 Å². The fourth-order valence-electron chi connectivity index (χ4n) is 1.22. The van der Waals surface area contributed by atoms with Crippen molar-refractivity contribution >= 4 is 17.4 Å². The van der Waals surface area contributed by atoms with E-state index in [1.54, 1.807) is 0 Å². The summed E-state index contributed by atoms with van der Waals surface area (Å²) in [5.41, 5.74) is 5.44. The highest BCUT2D eigenvalue weighted by atomic mass is 28.4. The average Bonchev–Trinajstić information content (AvgIpc) is 1.81. The Balaban J connectivity index is 3.61. The average molecular weight is 191 g/mol. The van der Waals surface area contributed by atoms with E-state index in [4.69, 9.17) is 9.85 Å². The first kappa shape index (κ1) is 11.4. The Labute approximate surface area is 73.0 Å². The molecule has 0 aromatic heterocycles. The Bertz CT molecular complexity index is 107. The van der Waals surface area contributed by atoms with Gasteiger partial charge in [-0.25, -0.2) is 0 Å². The first-order valence-corrected chi connectivity index (χ1v) is 10.3. The molecule has 0 radical (unpaired) electrons. The first-order chi connectivity index (χ1) is 4.98. The summed E-state index contributed by atoms with van der Waals surface area (Å²) in [6, 6.07) is 1.22. The maximum atomic E-state index is 5.96. The molecule has 0 saturated heterocycles. The predicted octanol–water partition coefficient (Wildman–Crippen LogP) is 1.54. The van der Waals surface area contributed by atoms with Crippen molar-refractivity contribution < 1.29 is 4.12 Å². The summed E-state index contributed by atoms with van der Waals surface area (Å²) in [6.45, 7) is 9.85. The molecule has 0 aliphatic rings. The second kappa shape index (κ2) is 5.08. The molecule has 0 heterocycles. The van der Waals surface area contributed by atoms with Crippen molar-refractivity contribution in [2.24, 2.45) is 5.73 Å². The Morgan fingerprint density at radius 3 is 2.27 bits per heavy atom. The minimum absolute atomic E-state index is 0.805. The molecule has 0 aromatic rings. The Hall–Kier alpha value is 0.354. The molecule has 4 heteroatoms. The van der Waals surface area contributed by atoms with Crippen molar-refractivity contribution in [3.05, 3.63) is 0 Å². The van der Waals surface area contributed by atoms with Crippen LogP contribution in [0.4, 0.5) is 0 Å². The van der Waals surface area contributed by atoms with Gasteiger partial charge in [-0.3, -0.25) is 0 Å². The lowest BCUT2D eigenvalue weighted by atomic mass is 10.5. The lowest BCUT2D eigenvalue weighted by molar-refractivity contribution is 0.566. The van der Waals surface area contributed by atoms with Crippen LogP contribution in [0.25, 0.3) is 0 Å². The summed E-state index contributed by atoms with van der Waals surface area (Å²) in [5, 5.41) is 0. The fourth-order valence-corrected chi connectivity index (χ4v) is 7.86. The smallest absolute Gasteiger partial charge is 0.173 e. The molecule has 0 aliphatic heterocycles. The highest BCUT2D eigenvalue weighted by Crippen LogP contribution is 2.13. The highest BCUT2D eigenvalue weighted by Gasteiger charge is 2.22. The quantitative estimate of drug-likeness (QED) is 0.669. The zero-order chi connectivity index (χ0) is 8.91. The monoisotopic (exact) mass is 191 g/mol. The number of nitrogens with two attached hydrogens (primary N) is 1. The highest BCUT2D eigenvalue weighted by molar-refractivity contribution is 6.77. The molecular formula is C7H21NOSi2. The zero-order valence-electron chi connectivity index (χ0n) is 8.18. The molecule has 0 rings (SSSR count). The third kappa shape index (κ3) is 6.74. The molecule has 0 fully saturated rings. The fraction of sp³-hybridized carbons (Fsp3) is 1.00. The van der Waals surface area contributed by atoms with Gasteiger partial charge in [0.2, 0.25) is 0 Å². The molecule has 2 N–H and O–H groups in total. The Morgan fingerprint density at radius 1 is 1.36 bits per heavy atom. The molecule has 0 aliphatic carbocycles.